The number of aromatic nitrogens is 3. The molecule has 6 nitrogen and oxygen atoms in total. The Labute approximate surface area is 167 Å². The summed E-state index contributed by atoms with van der Waals surface area (Å²) < 4.78 is 0. The molecule has 2 N–H and O–H groups in total. The van der Waals surface area contributed by atoms with E-state index >= 15 is 0 Å². The van der Waals surface area contributed by atoms with E-state index in [1.807, 2.05) is 18.2 Å². The molecule has 3 aromatic rings. The number of nitrogens with zero attached hydrogens (tertiary/aromatic N) is 4. The lowest BCUT2D eigenvalue weighted by atomic mass is 10.1. The maximum atomic E-state index is 4.50. The van der Waals surface area contributed by atoms with E-state index < -0.39 is 0 Å². The first-order valence-corrected chi connectivity index (χ1v) is 9.88. The lowest BCUT2D eigenvalue weighted by Gasteiger charge is -2.21. The second-order valence-electron chi connectivity index (χ2n) is 6.53. The largest absolute Gasteiger partial charge is 0.372 e. The summed E-state index contributed by atoms with van der Waals surface area (Å²) >= 11 is 0. The molecule has 0 radical (unpaired) electrons. The van der Waals surface area contributed by atoms with E-state index in [1.54, 1.807) is 6.20 Å². The number of nitrogens with one attached hydrogen (secondary N) is 2. The van der Waals surface area contributed by atoms with Crippen LogP contribution >= 0.6 is 0 Å². The fraction of sp³-hybridized carbons (Fsp3) is 0.318. The van der Waals surface area contributed by atoms with Crippen molar-refractivity contribution in [3.63, 3.8) is 0 Å². The van der Waals surface area contributed by atoms with Crippen molar-refractivity contribution in [2.24, 2.45) is 0 Å². The van der Waals surface area contributed by atoms with Gasteiger partial charge in [0, 0.05) is 31.0 Å². The van der Waals surface area contributed by atoms with Gasteiger partial charge in [0.15, 0.2) is 5.82 Å². The Hall–Kier alpha value is -3.15. The van der Waals surface area contributed by atoms with Gasteiger partial charge in [0.25, 0.3) is 0 Å². The molecule has 0 saturated heterocycles. The van der Waals surface area contributed by atoms with Crippen LogP contribution in [0.1, 0.15) is 25.8 Å². The molecule has 0 spiro atoms. The lowest BCUT2D eigenvalue weighted by molar-refractivity contribution is 0.853. The average Bonchev–Trinajstić information content (AvgIpc) is 2.74. The second kappa shape index (κ2) is 10.3. The SMILES string of the molecule is CCN(CC)c1ccc(Nc2nncc(NCCCc3ccccc3)n2)cc1. The van der Waals surface area contributed by atoms with Crippen molar-refractivity contribution in [2.45, 2.75) is 26.7 Å². The average molecular weight is 377 g/mol. The fourth-order valence-corrected chi connectivity index (χ4v) is 3.07. The molecule has 0 bridgehead atoms. The van der Waals surface area contributed by atoms with E-state index in [1.165, 1.54) is 11.3 Å². The highest BCUT2D eigenvalue weighted by atomic mass is 15.3. The highest BCUT2D eigenvalue weighted by Gasteiger charge is 2.04. The van der Waals surface area contributed by atoms with Crippen LogP contribution in [0.4, 0.5) is 23.1 Å². The molecule has 0 unspecified atom stereocenters. The zero-order valence-electron chi connectivity index (χ0n) is 16.6. The Balaban J connectivity index is 1.51. The molecular weight excluding hydrogens is 348 g/mol. The molecule has 146 valence electrons. The van der Waals surface area contributed by atoms with E-state index in [-0.39, 0.29) is 0 Å². The van der Waals surface area contributed by atoms with Gasteiger partial charge >= 0.3 is 0 Å². The number of aryl methyl sites for hydroxylation is 1. The molecule has 0 amide bonds. The Morgan fingerprint density at radius 3 is 2.39 bits per heavy atom. The van der Waals surface area contributed by atoms with E-state index in [0.717, 1.165) is 44.0 Å². The van der Waals surface area contributed by atoms with Crippen LogP contribution in [0, 0.1) is 0 Å². The number of rotatable bonds is 10. The van der Waals surface area contributed by atoms with Gasteiger partial charge < -0.3 is 15.5 Å². The topological polar surface area (TPSA) is 66.0 Å². The normalized spacial score (nSPS) is 10.5. The molecule has 6 heteroatoms. The predicted octanol–water partition coefficient (Wildman–Crippen LogP) is 4.51. The van der Waals surface area contributed by atoms with Crippen molar-refractivity contribution in [1.82, 2.24) is 15.2 Å². The Bertz CT molecular complexity index is 831. The first-order chi connectivity index (χ1) is 13.8. The Morgan fingerprint density at radius 1 is 0.929 bits per heavy atom. The third kappa shape index (κ3) is 5.67. The molecule has 0 aliphatic heterocycles. The van der Waals surface area contributed by atoms with Crippen molar-refractivity contribution >= 4 is 23.1 Å². The van der Waals surface area contributed by atoms with Crippen molar-refractivity contribution < 1.29 is 0 Å². The molecular formula is C22H28N6. The van der Waals surface area contributed by atoms with Crippen LogP contribution in [-0.4, -0.2) is 34.8 Å². The number of anilines is 4. The molecule has 1 heterocycles. The van der Waals surface area contributed by atoms with Crippen LogP contribution < -0.4 is 15.5 Å². The first-order valence-electron chi connectivity index (χ1n) is 9.88. The summed E-state index contributed by atoms with van der Waals surface area (Å²) in [7, 11) is 0. The van der Waals surface area contributed by atoms with Crippen molar-refractivity contribution in [1.29, 1.82) is 0 Å². The van der Waals surface area contributed by atoms with Crippen LogP contribution in [0.5, 0.6) is 0 Å². The standard InChI is InChI=1S/C22H28N6/c1-3-28(4-2)20-14-12-19(13-15-20)25-22-26-21(17-24-27-22)23-16-8-11-18-9-6-5-7-10-18/h5-7,9-10,12-15,17H,3-4,8,11,16H2,1-2H3,(H2,23,25,26,27). The number of benzene rings is 2. The van der Waals surface area contributed by atoms with Crippen LogP contribution in [-0.2, 0) is 6.42 Å². The summed E-state index contributed by atoms with van der Waals surface area (Å²) in [5, 5.41) is 14.7. The highest BCUT2D eigenvalue weighted by Crippen LogP contribution is 2.19. The summed E-state index contributed by atoms with van der Waals surface area (Å²) in [6.07, 6.45) is 3.72. The van der Waals surface area contributed by atoms with E-state index in [0.29, 0.717) is 5.95 Å². The van der Waals surface area contributed by atoms with E-state index in [2.05, 4.69) is 81.0 Å². The van der Waals surface area contributed by atoms with Crippen LogP contribution in [0.2, 0.25) is 0 Å². The van der Waals surface area contributed by atoms with Crippen LogP contribution in [0.25, 0.3) is 0 Å². The zero-order valence-corrected chi connectivity index (χ0v) is 16.6. The van der Waals surface area contributed by atoms with Crippen molar-refractivity contribution in [2.75, 3.05) is 35.2 Å². The number of hydrogen-bond acceptors (Lipinski definition) is 6. The smallest absolute Gasteiger partial charge is 0.249 e. The van der Waals surface area contributed by atoms with Crippen LogP contribution in [0.15, 0.2) is 60.8 Å². The van der Waals surface area contributed by atoms with Gasteiger partial charge in [-0.1, -0.05) is 30.3 Å². The third-order valence-electron chi connectivity index (χ3n) is 4.60. The summed E-state index contributed by atoms with van der Waals surface area (Å²) in [5.74, 6) is 1.22. The van der Waals surface area contributed by atoms with Crippen molar-refractivity contribution in [3.05, 3.63) is 66.4 Å². The van der Waals surface area contributed by atoms with Gasteiger partial charge in [-0.05, 0) is 56.5 Å². The zero-order chi connectivity index (χ0) is 19.6. The summed E-state index contributed by atoms with van der Waals surface area (Å²) in [4.78, 5) is 6.80. The first kappa shape index (κ1) is 19.6. The summed E-state index contributed by atoms with van der Waals surface area (Å²) in [5.41, 5.74) is 3.50. The monoisotopic (exact) mass is 376 g/mol. The van der Waals surface area contributed by atoms with Gasteiger partial charge in [0.05, 0.1) is 6.20 Å². The maximum absolute atomic E-state index is 4.50. The van der Waals surface area contributed by atoms with Gasteiger partial charge in [-0.2, -0.15) is 10.1 Å². The lowest BCUT2D eigenvalue weighted by Crippen LogP contribution is -2.21. The van der Waals surface area contributed by atoms with Crippen LogP contribution in [0.3, 0.4) is 0 Å². The minimum Gasteiger partial charge on any atom is -0.372 e. The predicted molar refractivity (Wildman–Crippen MR) is 116 cm³/mol. The summed E-state index contributed by atoms with van der Waals surface area (Å²) in [6.45, 7) is 7.15. The minimum absolute atomic E-state index is 0.489. The molecule has 2 aromatic carbocycles. The highest BCUT2D eigenvalue weighted by molar-refractivity contribution is 5.59. The third-order valence-corrected chi connectivity index (χ3v) is 4.60. The maximum Gasteiger partial charge on any atom is 0.249 e. The number of hydrogen-bond donors (Lipinski definition) is 2. The van der Waals surface area contributed by atoms with Gasteiger partial charge in [0.2, 0.25) is 5.95 Å². The van der Waals surface area contributed by atoms with Crippen molar-refractivity contribution in [3.8, 4) is 0 Å². The van der Waals surface area contributed by atoms with Gasteiger partial charge in [-0.25, -0.2) is 0 Å². The molecule has 0 aliphatic carbocycles. The molecule has 0 saturated carbocycles. The summed E-state index contributed by atoms with van der Waals surface area (Å²) in [6, 6.07) is 18.8. The molecule has 28 heavy (non-hydrogen) atoms. The van der Waals surface area contributed by atoms with Gasteiger partial charge in [0.1, 0.15) is 0 Å². The molecule has 0 fully saturated rings. The quantitative estimate of drug-likeness (QED) is 0.508. The fourth-order valence-electron chi connectivity index (χ4n) is 3.07. The molecule has 1 aromatic heterocycles. The van der Waals surface area contributed by atoms with Gasteiger partial charge in [-0.3, -0.25) is 0 Å². The molecule has 0 aliphatic rings. The van der Waals surface area contributed by atoms with Gasteiger partial charge in [-0.15, -0.1) is 5.10 Å². The Morgan fingerprint density at radius 2 is 1.68 bits per heavy atom. The second-order valence-corrected chi connectivity index (χ2v) is 6.53. The molecule has 0 atom stereocenters. The molecule has 3 rings (SSSR count). The Kier molecular flexibility index (Phi) is 7.18. The van der Waals surface area contributed by atoms with E-state index in [4.69, 9.17) is 0 Å². The minimum atomic E-state index is 0.489. The van der Waals surface area contributed by atoms with E-state index in [9.17, 15) is 0 Å².